The molecule has 0 saturated carbocycles. The maximum absolute atomic E-state index is 6.94. The van der Waals surface area contributed by atoms with Gasteiger partial charge in [-0.25, -0.2) is 0 Å². The van der Waals surface area contributed by atoms with Crippen molar-refractivity contribution in [2.45, 2.75) is 0 Å². The van der Waals surface area contributed by atoms with Crippen LogP contribution >= 0.6 is 11.3 Å². The Bertz CT molecular complexity index is 3110. The lowest BCUT2D eigenvalue weighted by molar-refractivity contribution is 0.669. The third-order valence-corrected chi connectivity index (χ3v) is 11.3. The second kappa shape index (κ2) is 10.6. The zero-order valence-electron chi connectivity index (χ0n) is 26.9. The Hall–Kier alpha value is -6.36. The Morgan fingerprint density at radius 3 is 2.00 bits per heavy atom. The fourth-order valence-electron chi connectivity index (χ4n) is 8.09. The smallest absolute Gasteiger partial charge is 0.159 e. The lowest BCUT2D eigenvalue weighted by Crippen LogP contribution is -2.12. The number of thiophene rings is 1. The molecule has 234 valence electrons. The van der Waals surface area contributed by atoms with Gasteiger partial charge in [0.2, 0.25) is 0 Å². The molecular formula is C46H28N2OS. The SMILES string of the molecule is c1ccc(-n2c3ccccc3c3cccc(N(c4cccc5c4oc4ccc6ccccc6c45)c4cccc5sc6ccccc6c45)c32)cc1. The van der Waals surface area contributed by atoms with E-state index in [-0.39, 0.29) is 0 Å². The lowest BCUT2D eigenvalue weighted by atomic mass is 10.0. The Morgan fingerprint density at radius 1 is 0.440 bits per heavy atom. The highest BCUT2D eigenvalue weighted by atomic mass is 32.1. The van der Waals surface area contributed by atoms with Crippen molar-refractivity contribution in [3.05, 3.63) is 170 Å². The largest absolute Gasteiger partial charge is 0.454 e. The van der Waals surface area contributed by atoms with Gasteiger partial charge in [0.15, 0.2) is 5.58 Å². The number of nitrogens with zero attached hydrogens (tertiary/aromatic N) is 2. The van der Waals surface area contributed by atoms with Gasteiger partial charge in [-0.15, -0.1) is 11.3 Å². The lowest BCUT2D eigenvalue weighted by Gasteiger charge is -2.28. The highest BCUT2D eigenvalue weighted by molar-refractivity contribution is 7.26. The molecule has 3 nitrogen and oxygen atoms in total. The summed E-state index contributed by atoms with van der Waals surface area (Å²) in [5.74, 6) is 0. The molecule has 0 aliphatic heterocycles. The Labute approximate surface area is 291 Å². The van der Waals surface area contributed by atoms with Gasteiger partial charge < -0.3 is 13.9 Å². The van der Waals surface area contributed by atoms with Crippen molar-refractivity contribution in [3.8, 4) is 5.69 Å². The van der Waals surface area contributed by atoms with Gasteiger partial charge in [-0.3, -0.25) is 0 Å². The zero-order chi connectivity index (χ0) is 32.8. The molecule has 0 spiro atoms. The van der Waals surface area contributed by atoms with Crippen molar-refractivity contribution in [1.82, 2.24) is 4.57 Å². The van der Waals surface area contributed by atoms with E-state index in [0.29, 0.717) is 0 Å². The van der Waals surface area contributed by atoms with Gasteiger partial charge in [0, 0.05) is 47.4 Å². The molecule has 0 atom stereocenters. The Kier molecular flexibility index (Phi) is 5.83. The molecular weight excluding hydrogens is 629 g/mol. The van der Waals surface area contributed by atoms with Gasteiger partial charge in [0.25, 0.3) is 0 Å². The molecule has 11 rings (SSSR count). The molecule has 4 heteroatoms. The van der Waals surface area contributed by atoms with Crippen LogP contribution in [0.3, 0.4) is 0 Å². The first kappa shape index (κ1) is 27.6. The van der Waals surface area contributed by atoms with Gasteiger partial charge in [-0.1, -0.05) is 115 Å². The van der Waals surface area contributed by atoms with E-state index in [4.69, 9.17) is 4.42 Å². The van der Waals surface area contributed by atoms with E-state index in [2.05, 4.69) is 179 Å². The summed E-state index contributed by atoms with van der Waals surface area (Å²) in [6.45, 7) is 0. The second-order valence-electron chi connectivity index (χ2n) is 12.9. The summed E-state index contributed by atoms with van der Waals surface area (Å²) in [5.41, 5.74) is 8.42. The predicted molar refractivity (Wildman–Crippen MR) is 213 cm³/mol. The third-order valence-electron chi connectivity index (χ3n) is 10.2. The van der Waals surface area contributed by atoms with E-state index in [1.54, 1.807) is 0 Å². The minimum atomic E-state index is 0.870. The highest BCUT2D eigenvalue weighted by Crippen LogP contribution is 2.50. The number of anilines is 3. The van der Waals surface area contributed by atoms with E-state index < -0.39 is 0 Å². The molecule has 8 aromatic carbocycles. The number of para-hydroxylation sites is 4. The van der Waals surface area contributed by atoms with Crippen molar-refractivity contribution in [2.24, 2.45) is 0 Å². The standard InChI is InChI=1S/C46H28N2OS/c1-2-14-30(15-3-1)47-36-21-8-6-17-32(36)33-19-10-23-38(45(33)47)48(37-22-12-26-42-44(37)34-18-7-9-25-41(34)50-42)39-24-11-20-35-43-31-16-5-4-13-29(31)27-28-40(43)49-46(35)39/h1-28H. The molecule has 0 saturated heterocycles. The average Bonchev–Trinajstić information content (AvgIpc) is 3.86. The van der Waals surface area contributed by atoms with Crippen LogP contribution in [0.1, 0.15) is 0 Å². The summed E-state index contributed by atoms with van der Waals surface area (Å²) < 4.78 is 11.9. The van der Waals surface area contributed by atoms with Crippen molar-refractivity contribution in [1.29, 1.82) is 0 Å². The van der Waals surface area contributed by atoms with E-state index in [1.807, 2.05) is 11.3 Å². The van der Waals surface area contributed by atoms with Gasteiger partial charge in [0.05, 0.1) is 28.1 Å². The summed E-state index contributed by atoms with van der Waals surface area (Å²) >= 11 is 1.84. The van der Waals surface area contributed by atoms with Crippen LogP contribution in [0.2, 0.25) is 0 Å². The maximum atomic E-state index is 6.94. The first-order valence-electron chi connectivity index (χ1n) is 16.9. The predicted octanol–water partition coefficient (Wildman–Crippen LogP) is 13.7. The number of fused-ring (bicyclic) bond motifs is 11. The zero-order valence-corrected chi connectivity index (χ0v) is 27.7. The Morgan fingerprint density at radius 2 is 1.10 bits per heavy atom. The van der Waals surface area contributed by atoms with Crippen molar-refractivity contribution in [3.63, 3.8) is 0 Å². The van der Waals surface area contributed by atoms with E-state index >= 15 is 0 Å². The first-order chi connectivity index (χ1) is 24.8. The third kappa shape index (κ3) is 3.85. The van der Waals surface area contributed by atoms with Crippen LogP contribution in [-0.4, -0.2) is 4.57 Å². The number of rotatable bonds is 4. The number of hydrogen-bond acceptors (Lipinski definition) is 3. The van der Waals surface area contributed by atoms with Crippen molar-refractivity contribution < 1.29 is 4.42 Å². The molecule has 3 aromatic heterocycles. The molecule has 0 unspecified atom stereocenters. The maximum Gasteiger partial charge on any atom is 0.159 e. The summed E-state index contributed by atoms with van der Waals surface area (Å²) in [7, 11) is 0. The summed E-state index contributed by atoms with van der Waals surface area (Å²) in [6, 6.07) is 61.1. The molecule has 3 heterocycles. The van der Waals surface area contributed by atoms with E-state index in [0.717, 1.165) is 50.2 Å². The van der Waals surface area contributed by atoms with Crippen LogP contribution in [0, 0.1) is 0 Å². The first-order valence-corrected chi connectivity index (χ1v) is 17.8. The summed E-state index contributed by atoms with van der Waals surface area (Å²) in [4.78, 5) is 2.45. The monoisotopic (exact) mass is 656 g/mol. The molecule has 0 amide bonds. The van der Waals surface area contributed by atoms with Crippen LogP contribution in [-0.2, 0) is 0 Å². The average molecular weight is 657 g/mol. The number of aromatic nitrogens is 1. The van der Waals surface area contributed by atoms with E-state index in [1.165, 1.54) is 47.2 Å². The molecule has 0 fully saturated rings. The molecule has 50 heavy (non-hydrogen) atoms. The van der Waals surface area contributed by atoms with Crippen LogP contribution in [0.25, 0.3) is 80.4 Å². The van der Waals surface area contributed by atoms with Gasteiger partial charge >= 0.3 is 0 Å². The number of hydrogen-bond donors (Lipinski definition) is 0. The second-order valence-corrected chi connectivity index (χ2v) is 13.9. The highest BCUT2D eigenvalue weighted by Gasteiger charge is 2.26. The topological polar surface area (TPSA) is 21.3 Å². The van der Waals surface area contributed by atoms with Gasteiger partial charge in [-0.2, -0.15) is 0 Å². The quantitative estimate of drug-likeness (QED) is 0.188. The van der Waals surface area contributed by atoms with Crippen LogP contribution in [0.15, 0.2) is 174 Å². The van der Waals surface area contributed by atoms with Crippen LogP contribution < -0.4 is 4.90 Å². The minimum Gasteiger partial charge on any atom is -0.454 e. The van der Waals surface area contributed by atoms with E-state index in [9.17, 15) is 0 Å². The molecule has 0 radical (unpaired) electrons. The molecule has 0 aliphatic carbocycles. The van der Waals surface area contributed by atoms with Gasteiger partial charge in [-0.05, 0) is 65.4 Å². The number of furan rings is 1. The molecule has 0 bridgehead atoms. The summed E-state index contributed by atoms with van der Waals surface area (Å²) in [6.07, 6.45) is 0. The molecule has 0 aliphatic rings. The van der Waals surface area contributed by atoms with Crippen molar-refractivity contribution >= 4 is 103 Å². The Balaban J connectivity index is 1.32. The number of benzene rings is 8. The minimum absolute atomic E-state index is 0.870. The van der Waals surface area contributed by atoms with Gasteiger partial charge in [0.1, 0.15) is 5.58 Å². The van der Waals surface area contributed by atoms with Crippen LogP contribution in [0.5, 0.6) is 0 Å². The molecule has 0 N–H and O–H groups in total. The molecule has 11 aromatic rings. The fourth-order valence-corrected chi connectivity index (χ4v) is 9.21. The normalized spacial score (nSPS) is 12.0. The van der Waals surface area contributed by atoms with Crippen LogP contribution in [0.4, 0.5) is 17.1 Å². The van der Waals surface area contributed by atoms with Crippen molar-refractivity contribution in [2.75, 3.05) is 4.90 Å². The fraction of sp³-hybridized carbons (Fsp3) is 0. The summed E-state index contributed by atoms with van der Waals surface area (Å²) in [5, 5.41) is 9.59.